The Morgan fingerprint density at radius 3 is 2.46 bits per heavy atom. The second kappa shape index (κ2) is 10.8. The van der Waals surface area contributed by atoms with Crippen LogP contribution >= 0.6 is 0 Å². The normalized spacial score (nSPS) is 30.7. The second-order valence-electron chi connectivity index (χ2n) is 12.9. The van der Waals surface area contributed by atoms with Gasteiger partial charge in [-0.1, -0.05) is 57.7 Å². The van der Waals surface area contributed by atoms with E-state index in [4.69, 9.17) is 14.5 Å². The van der Waals surface area contributed by atoms with E-state index in [1.807, 2.05) is 4.90 Å². The highest BCUT2D eigenvalue weighted by Gasteiger charge is 2.66. The maximum atomic E-state index is 14.9. The van der Waals surface area contributed by atoms with Crippen molar-refractivity contribution in [3.05, 3.63) is 34.9 Å². The first-order chi connectivity index (χ1) is 17.8. The lowest BCUT2D eigenvalue weighted by atomic mass is 9.60. The lowest BCUT2D eigenvalue weighted by Gasteiger charge is -2.45. The van der Waals surface area contributed by atoms with Crippen molar-refractivity contribution in [3.8, 4) is 0 Å². The third-order valence-electron chi connectivity index (χ3n) is 9.89. The molecular weight excluding hydrogens is 460 g/mol. The molecule has 37 heavy (non-hydrogen) atoms. The standard InChI is InChI=1S/C32H48N2O3/c1-22-14-16-31(17-15-22)19-27-12-11-26(10-9-25-7-8-25)18-28(27)32(31)30(35)34(24(3)21-37-5)29(33-32)13-6-23(2)20-36-4/h11-12,18,22-25H,6-10,13-17,19-21H2,1-5H3. The molecule has 5 heteroatoms. The van der Waals surface area contributed by atoms with Gasteiger partial charge < -0.3 is 9.47 Å². The summed E-state index contributed by atoms with van der Waals surface area (Å²) in [5, 5.41) is 0. The van der Waals surface area contributed by atoms with Gasteiger partial charge in [0.05, 0.1) is 12.6 Å². The Morgan fingerprint density at radius 2 is 1.78 bits per heavy atom. The van der Waals surface area contributed by atoms with Crippen molar-refractivity contribution in [1.29, 1.82) is 0 Å². The lowest BCUT2D eigenvalue weighted by molar-refractivity contribution is -0.139. The molecule has 1 amide bonds. The molecule has 4 aliphatic rings. The number of amides is 1. The van der Waals surface area contributed by atoms with Crippen molar-refractivity contribution >= 4 is 11.7 Å². The zero-order chi connectivity index (χ0) is 26.2. The fourth-order valence-electron chi connectivity index (χ4n) is 7.48. The monoisotopic (exact) mass is 508 g/mol. The Bertz CT molecular complexity index is 1010. The molecule has 0 aromatic heterocycles. The molecular formula is C32H48N2O3. The number of carbonyl (C=O) groups is 1. The van der Waals surface area contributed by atoms with Gasteiger partial charge in [-0.2, -0.15) is 0 Å². The van der Waals surface area contributed by atoms with E-state index in [0.29, 0.717) is 12.5 Å². The molecule has 1 aromatic carbocycles. The Hall–Kier alpha value is -1.72. The fraction of sp³-hybridized carbons (Fsp3) is 0.750. The third kappa shape index (κ3) is 4.91. The van der Waals surface area contributed by atoms with Crippen LogP contribution in [0, 0.1) is 23.2 Å². The fourth-order valence-corrected chi connectivity index (χ4v) is 7.48. The molecule has 5 rings (SSSR count). The van der Waals surface area contributed by atoms with E-state index in [2.05, 4.69) is 39.0 Å². The Balaban J connectivity index is 1.57. The number of fused-ring (bicyclic) bond motifs is 3. The molecule has 0 radical (unpaired) electrons. The van der Waals surface area contributed by atoms with Gasteiger partial charge in [0.2, 0.25) is 0 Å². The van der Waals surface area contributed by atoms with Crippen LogP contribution in [0.2, 0.25) is 0 Å². The van der Waals surface area contributed by atoms with Crippen LogP contribution in [0.25, 0.3) is 0 Å². The highest BCUT2D eigenvalue weighted by atomic mass is 16.5. The number of aryl methyl sites for hydroxylation is 1. The summed E-state index contributed by atoms with van der Waals surface area (Å²) in [5.74, 6) is 3.23. The predicted octanol–water partition coefficient (Wildman–Crippen LogP) is 6.32. The van der Waals surface area contributed by atoms with Crippen molar-refractivity contribution < 1.29 is 14.3 Å². The largest absolute Gasteiger partial charge is 0.384 e. The molecule has 2 saturated carbocycles. The number of rotatable bonds is 11. The molecule has 1 aromatic rings. The molecule has 0 N–H and O–H groups in total. The number of hydrogen-bond donors (Lipinski definition) is 0. The number of aliphatic imine (C=N–C) groups is 1. The molecule has 3 aliphatic carbocycles. The van der Waals surface area contributed by atoms with Gasteiger partial charge in [0.1, 0.15) is 5.84 Å². The number of hydrogen-bond acceptors (Lipinski definition) is 4. The van der Waals surface area contributed by atoms with E-state index in [0.717, 1.165) is 62.8 Å². The minimum Gasteiger partial charge on any atom is -0.384 e. The van der Waals surface area contributed by atoms with Gasteiger partial charge in [0.15, 0.2) is 5.54 Å². The van der Waals surface area contributed by atoms with Crippen molar-refractivity contribution in [2.24, 2.45) is 28.2 Å². The van der Waals surface area contributed by atoms with Crippen LogP contribution in [0.15, 0.2) is 23.2 Å². The van der Waals surface area contributed by atoms with E-state index >= 15 is 0 Å². The molecule has 3 atom stereocenters. The summed E-state index contributed by atoms with van der Waals surface area (Å²) in [6.45, 7) is 7.96. The first-order valence-electron chi connectivity index (χ1n) is 14.9. The second-order valence-corrected chi connectivity index (χ2v) is 12.9. The number of ether oxygens (including phenoxy) is 2. The molecule has 2 spiro atoms. The van der Waals surface area contributed by atoms with Crippen molar-refractivity contribution in [2.75, 3.05) is 27.4 Å². The molecule has 5 nitrogen and oxygen atoms in total. The van der Waals surface area contributed by atoms with Gasteiger partial charge in [-0.3, -0.25) is 14.7 Å². The highest BCUT2D eigenvalue weighted by molar-refractivity contribution is 6.10. The summed E-state index contributed by atoms with van der Waals surface area (Å²) in [5.41, 5.74) is 3.07. The van der Waals surface area contributed by atoms with Crippen LogP contribution < -0.4 is 0 Å². The number of carbonyl (C=O) groups excluding carboxylic acids is 1. The van der Waals surface area contributed by atoms with Crippen LogP contribution in [0.4, 0.5) is 0 Å². The van der Waals surface area contributed by atoms with Crippen molar-refractivity contribution in [3.63, 3.8) is 0 Å². The summed E-state index contributed by atoms with van der Waals surface area (Å²) in [6, 6.07) is 7.04. The zero-order valence-corrected chi connectivity index (χ0v) is 23.9. The van der Waals surface area contributed by atoms with Gasteiger partial charge >= 0.3 is 0 Å². The quantitative estimate of drug-likeness (QED) is 0.352. The summed E-state index contributed by atoms with van der Waals surface area (Å²) >= 11 is 0. The van der Waals surface area contributed by atoms with Crippen LogP contribution in [0.1, 0.15) is 95.2 Å². The Kier molecular flexibility index (Phi) is 7.85. The topological polar surface area (TPSA) is 51.1 Å². The minimum atomic E-state index is -0.778. The van der Waals surface area contributed by atoms with Crippen molar-refractivity contribution in [2.45, 2.75) is 103 Å². The summed E-state index contributed by atoms with van der Waals surface area (Å²) in [4.78, 5) is 22.5. The van der Waals surface area contributed by atoms with Gasteiger partial charge in [-0.15, -0.1) is 0 Å². The molecule has 2 fully saturated rings. The molecule has 1 aliphatic heterocycles. The van der Waals surface area contributed by atoms with Gasteiger partial charge in [0, 0.05) is 32.7 Å². The maximum absolute atomic E-state index is 14.9. The van der Waals surface area contributed by atoms with E-state index < -0.39 is 5.54 Å². The number of methoxy groups -OCH3 is 2. The molecule has 204 valence electrons. The zero-order valence-electron chi connectivity index (χ0n) is 23.9. The van der Waals surface area contributed by atoms with Gasteiger partial charge in [-0.25, -0.2) is 0 Å². The number of benzene rings is 1. The van der Waals surface area contributed by atoms with Gasteiger partial charge in [0.25, 0.3) is 5.91 Å². The predicted molar refractivity (Wildman–Crippen MR) is 149 cm³/mol. The summed E-state index contributed by atoms with van der Waals surface area (Å²) < 4.78 is 11.0. The lowest BCUT2D eigenvalue weighted by Crippen LogP contribution is -2.53. The average Bonchev–Trinajstić information content (AvgIpc) is 3.61. The summed E-state index contributed by atoms with van der Waals surface area (Å²) in [7, 11) is 3.49. The van der Waals surface area contributed by atoms with Crippen LogP contribution in [0.3, 0.4) is 0 Å². The Labute approximate surface area is 224 Å². The van der Waals surface area contributed by atoms with E-state index in [1.165, 1.54) is 48.8 Å². The van der Waals surface area contributed by atoms with Crippen LogP contribution in [0.5, 0.6) is 0 Å². The maximum Gasteiger partial charge on any atom is 0.261 e. The van der Waals surface area contributed by atoms with Crippen LogP contribution in [-0.4, -0.2) is 50.1 Å². The SMILES string of the molecule is COCC(C)CCC1=NC2(C(=O)N1C(C)COC)c1cc(CCC3CC3)ccc1CC21CCC(C)CC1. The molecule has 1 heterocycles. The number of nitrogens with zero attached hydrogens (tertiary/aromatic N) is 2. The first kappa shape index (κ1) is 26.9. The van der Waals surface area contributed by atoms with Gasteiger partial charge in [-0.05, 0) is 79.9 Å². The third-order valence-corrected chi connectivity index (χ3v) is 9.89. The smallest absolute Gasteiger partial charge is 0.261 e. The van der Waals surface area contributed by atoms with E-state index in [1.54, 1.807) is 14.2 Å². The molecule has 0 bridgehead atoms. The average molecular weight is 509 g/mol. The highest BCUT2D eigenvalue weighted by Crippen LogP contribution is 2.63. The first-order valence-corrected chi connectivity index (χ1v) is 14.9. The number of amidine groups is 1. The summed E-state index contributed by atoms with van der Waals surface area (Å²) in [6.07, 6.45) is 12.4. The van der Waals surface area contributed by atoms with Crippen LogP contribution in [-0.2, 0) is 32.6 Å². The Morgan fingerprint density at radius 1 is 1.05 bits per heavy atom. The van der Waals surface area contributed by atoms with E-state index in [-0.39, 0.29) is 17.4 Å². The molecule has 0 saturated heterocycles. The van der Waals surface area contributed by atoms with E-state index in [9.17, 15) is 4.79 Å². The van der Waals surface area contributed by atoms with Crippen molar-refractivity contribution in [1.82, 2.24) is 4.90 Å². The molecule has 3 unspecified atom stereocenters. The minimum absolute atomic E-state index is 0.0324.